The Morgan fingerprint density at radius 1 is 1.42 bits per heavy atom. The van der Waals surface area contributed by atoms with Gasteiger partial charge in [0.1, 0.15) is 0 Å². The minimum atomic E-state index is 0.0382. The van der Waals surface area contributed by atoms with E-state index in [1.54, 1.807) is 0 Å². The van der Waals surface area contributed by atoms with E-state index in [-0.39, 0.29) is 5.60 Å². The fourth-order valence-electron chi connectivity index (χ4n) is 3.25. The number of hydrogen-bond acceptors (Lipinski definition) is 4. The summed E-state index contributed by atoms with van der Waals surface area (Å²) >= 11 is 0. The Labute approximate surface area is 114 Å². The van der Waals surface area contributed by atoms with E-state index in [0.29, 0.717) is 12.5 Å². The summed E-state index contributed by atoms with van der Waals surface area (Å²) in [6.07, 6.45) is 7.26. The minimum absolute atomic E-state index is 0.0382. The van der Waals surface area contributed by atoms with Crippen LogP contribution < -0.4 is 5.32 Å². The summed E-state index contributed by atoms with van der Waals surface area (Å²) < 4.78 is 12.0. The van der Waals surface area contributed by atoms with Gasteiger partial charge in [0.05, 0.1) is 25.4 Å². The summed E-state index contributed by atoms with van der Waals surface area (Å²) in [5.74, 6) is 0.530. The highest BCUT2D eigenvalue weighted by atomic mass is 16.5. The molecule has 3 rings (SSSR count). The summed E-state index contributed by atoms with van der Waals surface area (Å²) in [4.78, 5) is 4.02. The van der Waals surface area contributed by atoms with E-state index in [2.05, 4.69) is 10.3 Å². The van der Waals surface area contributed by atoms with Gasteiger partial charge in [0.25, 0.3) is 0 Å². The van der Waals surface area contributed by atoms with E-state index < -0.39 is 0 Å². The highest BCUT2D eigenvalue weighted by molar-refractivity contribution is 5.08. The molecule has 2 atom stereocenters. The molecule has 2 heterocycles. The van der Waals surface area contributed by atoms with E-state index in [4.69, 9.17) is 9.47 Å². The van der Waals surface area contributed by atoms with Crippen LogP contribution in [0.15, 0.2) is 24.5 Å². The van der Waals surface area contributed by atoms with E-state index in [9.17, 15) is 0 Å². The predicted octanol–water partition coefficient (Wildman–Crippen LogP) is 1.76. The maximum Gasteiger partial charge on any atom is 0.0856 e. The largest absolute Gasteiger partial charge is 0.376 e. The van der Waals surface area contributed by atoms with Gasteiger partial charge in [0.15, 0.2) is 0 Å². The molecule has 0 unspecified atom stereocenters. The SMILES string of the molecule is c1cc(COC[C@H]2CCC[C@]23CNCCO3)ccn1. The quantitative estimate of drug-likeness (QED) is 0.898. The Bertz CT molecular complexity index is 390. The first-order chi connectivity index (χ1) is 9.39. The number of ether oxygens (including phenoxy) is 2. The van der Waals surface area contributed by atoms with Crippen molar-refractivity contribution in [3.8, 4) is 0 Å². The van der Waals surface area contributed by atoms with Crippen LogP contribution in [0, 0.1) is 5.92 Å². The van der Waals surface area contributed by atoms with Crippen LogP contribution in [0.3, 0.4) is 0 Å². The summed E-state index contributed by atoms with van der Waals surface area (Å²) in [5.41, 5.74) is 1.22. The van der Waals surface area contributed by atoms with Crippen LogP contribution in [-0.2, 0) is 16.1 Å². The first kappa shape index (κ1) is 13.0. The Morgan fingerprint density at radius 2 is 2.32 bits per heavy atom. The third-order valence-electron chi connectivity index (χ3n) is 4.33. The van der Waals surface area contributed by atoms with Crippen molar-refractivity contribution >= 4 is 0 Å². The van der Waals surface area contributed by atoms with Crippen LogP contribution in [0.5, 0.6) is 0 Å². The van der Waals surface area contributed by atoms with Crippen LogP contribution >= 0.6 is 0 Å². The average Bonchev–Trinajstić information content (AvgIpc) is 2.83. The zero-order chi connectivity index (χ0) is 13.0. The van der Waals surface area contributed by atoms with E-state index in [1.165, 1.54) is 24.8 Å². The number of pyridine rings is 1. The summed E-state index contributed by atoms with van der Waals surface area (Å²) in [7, 11) is 0. The Morgan fingerprint density at radius 3 is 3.11 bits per heavy atom. The second kappa shape index (κ2) is 5.99. The molecule has 1 aliphatic carbocycles. The molecule has 1 aromatic rings. The maximum absolute atomic E-state index is 6.09. The van der Waals surface area contributed by atoms with Crippen LogP contribution in [0.4, 0.5) is 0 Å². The molecule has 0 aromatic carbocycles. The van der Waals surface area contributed by atoms with Crippen LogP contribution in [0.2, 0.25) is 0 Å². The molecule has 1 N–H and O–H groups in total. The third-order valence-corrected chi connectivity index (χ3v) is 4.33. The number of nitrogens with one attached hydrogen (secondary N) is 1. The van der Waals surface area contributed by atoms with Crippen molar-refractivity contribution in [3.63, 3.8) is 0 Å². The zero-order valence-corrected chi connectivity index (χ0v) is 11.3. The van der Waals surface area contributed by atoms with Crippen LogP contribution in [0.25, 0.3) is 0 Å². The Balaban J connectivity index is 1.51. The number of rotatable bonds is 4. The van der Waals surface area contributed by atoms with Gasteiger partial charge in [-0.1, -0.05) is 6.42 Å². The lowest BCUT2D eigenvalue weighted by Gasteiger charge is -2.39. The van der Waals surface area contributed by atoms with Gasteiger partial charge in [-0.15, -0.1) is 0 Å². The topological polar surface area (TPSA) is 43.4 Å². The molecular formula is C15H22N2O2. The van der Waals surface area contributed by atoms with Gasteiger partial charge in [-0.25, -0.2) is 0 Å². The molecule has 104 valence electrons. The molecule has 0 radical (unpaired) electrons. The second-order valence-electron chi connectivity index (χ2n) is 5.55. The zero-order valence-electron chi connectivity index (χ0n) is 11.3. The summed E-state index contributed by atoms with van der Waals surface area (Å²) in [5, 5.41) is 3.47. The maximum atomic E-state index is 6.09. The molecule has 19 heavy (non-hydrogen) atoms. The average molecular weight is 262 g/mol. The summed E-state index contributed by atoms with van der Waals surface area (Å²) in [6, 6.07) is 4.01. The van der Waals surface area contributed by atoms with Crippen molar-refractivity contribution in [1.29, 1.82) is 0 Å². The predicted molar refractivity (Wildman–Crippen MR) is 72.8 cm³/mol. The summed E-state index contributed by atoms with van der Waals surface area (Å²) in [6.45, 7) is 4.26. The fourth-order valence-corrected chi connectivity index (χ4v) is 3.25. The van der Waals surface area contributed by atoms with Gasteiger partial charge in [-0.05, 0) is 30.5 Å². The highest BCUT2D eigenvalue weighted by Crippen LogP contribution is 2.39. The lowest BCUT2D eigenvalue weighted by molar-refractivity contribution is -0.108. The lowest BCUT2D eigenvalue weighted by Crippen LogP contribution is -2.52. The number of hydrogen-bond donors (Lipinski definition) is 1. The molecule has 2 aliphatic rings. The number of morpholine rings is 1. The smallest absolute Gasteiger partial charge is 0.0856 e. The molecule has 1 saturated carbocycles. The van der Waals surface area contributed by atoms with Crippen molar-refractivity contribution in [2.45, 2.75) is 31.5 Å². The van der Waals surface area contributed by atoms with Crippen molar-refractivity contribution in [3.05, 3.63) is 30.1 Å². The van der Waals surface area contributed by atoms with Crippen LogP contribution in [0.1, 0.15) is 24.8 Å². The van der Waals surface area contributed by atoms with E-state index in [0.717, 1.165) is 26.3 Å². The van der Waals surface area contributed by atoms with Gasteiger partial charge in [-0.3, -0.25) is 4.98 Å². The molecule has 2 fully saturated rings. The van der Waals surface area contributed by atoms with Crippen molar-refractivity contribution in [1.82, 2.24) is 10.3 Å². The Hall–Kier alpha value is -0.970. The second-order valence-corrected chi connectivity index (χ2v) is 5.55. The molecule has 4 nitrogen and oxygen atoms in total. The van der Waals surface area contributed by atoms with E-state index >= 15 is 0 Å². The van der Waals surface area contributed by atoms with Gasteiger partial charge in [0.2, 0.25) is 0 Å². The number of aromatic nitrogens is 1. The molecule has 1 spiro atoms. The minimum Gasteiger partial charge on any atom is -0.376 e. The Kier molecular flexibility index (Phi) is 4.11. The lowest BCUT2D eigenvalue weighted by atomic mass is 9.90. The van der Waals surface area contributed by atoms with Crippen molar-refractivity contribution in [2.24, 2.45) is 5.92 Å². The van der Waals surface area contributed by atoms with E-state index in [1.807, 2.05) is 24.5 Å². The first-order valence-electron chi connectivity index (χ1n) is 7.20. The fraction of sp³-hybridized carbons (Fsp3) is 0.667. The van der Waals surface area contributed by atoms with Gasteiger partial charge < -0.3 is 14.8 Å². The molecule has 0 bridgehead atoms. The standard InChI is InChI=1S/C15H22N2O2/c1-2-14(15(5-1)12-17-8-9-19-15)11-18-10-13-3-6-16-7-4-13/h3-4,6-7,14,17H,1-2,5,8-12H2/t14-,15+/m1/s1. The normalized spacial score (nSPS) is 30.8. The molecule has 0 amide bonds. The third kappa shape index (κ3) is 2.96. The van der Waals surface area contributed by atoms with Crippen molar-refractivity contribution < 1.29 is 9.47 Å². The highest BCUT2D eigenvalue weighted by Gasteiger charge is 2.44. The molecule has 1 aliphatic heterocycles. The molecular weight excluding hydrogens is 240 g/mol. The molecule has 4 heteroatoms. The van der Waals surface area contributed by atoms with Crippen molar-refractivity contribution in [2.75, 3.05) is 26.3 Å². The van der Waals surface area contributed by atoms with Gasteiger partial charge in [0, 0.05) is 31.4 Å². The van der Waals surface area contributed by atoms with Gasteiger partial charge in [-0.2, -0.15) is 0 Å². The molecule has 1 aromatic heterocycles. The first-order valence-corrected chi connectivity index (χ1v) is 7.20. The molecule has 1 saturated heterocycles. The monoisotopic (exact) mass is 262 g/mol. The number of nitrogens with zero attached hydrogens (tertiary/aromatic N) is 1. The van der Waals surface area contributed by atoms with Gasteiger partial charge >= 0.3 is 0 Å². The van der Waals surface area contributed by atoms with Crippen LogP contribution in [-0.4, -0.2) is 36.9 Å².